The summed E-state index contributed by atoms with van der Waals surface area (Å²) in [7, 11) is 1.72. The summed E-state index contributed by atoms with van der Waals surface area (Å²) in [5, 5.41) is 9.57. The third-order valence-electron chi connectivity index (χ3n) is 3.04. The molecule has 0 aliphatic heterocycles. The smallest absolute Gasteiger partial charge is 0.0762 e. The Morgan fingerprint density at radius 2 is 2.06 bits per heavy atom. The Balaban J connectivity index is 2.99. The van der Waals surface area contributed by atoms with Gasteiger partial charge in [0.15, 0.2) is 0 Å². The average molecular weight is 316 g/mol. The first-order chi connectivity index (χ1) is 8.51. The van der Waals surface area contributed by atoms with Crippen LogP contribution in [0.2, 0.25) is 0 Å². The van der Waals surface area contributed by atoms with Gasteiger partial charge < -0.3 is 14.7 Å². The fraction of sp³-hybridized carbons (Fsp3) is 0.571. The van der Waals surface area contributed by atoms with Crippen LogP contribution in [0.4, 0.5) is 5.69 Å². The molecule has 0 spiro atoms. The number of aliphatic hydroxyl groups is 1. The lowest BCUT2D eigenvalue weighted by Crippen LogP contribution is -2.36. The van der Waals surface area contributed by atoms with E-state index in [1.54, 1.807) is 14.0 Å². The van der Waals surface area contributed by atoms with Crippen LogP contribution in [0.1, 0.15) is 32.4 Å². The Morgan fingerprint density at radius 1 is 1.39 bits per heavy atom. The molecule has 2 unspecified atom stereocenters. The van der Waals surface area contributed by atoms with Crippen molar-refractivity contribution in [3.05, 3.63) is 28.2 Å². The summed E-state index contributed by atoms with van der Waals surface area (Å²) in [5.41, 5.74) is 2.05. The fourth-order valence-electron chi connectivity index (χ4n) is 2.07. The molecule has 0 bridgehead atoms. The van der Waals surface area contributed by atoms with Gasteiger partial charge in [-0.25, -0.2) is 0 Å². The summed E-state index contributed by atoms with van der Waals surface area (Å²) < 4.78 is 6.22. The number of anilines is 1. The van der Waals surface area contributed by atoms with Crippen LogP contribution in [-0.2, 0) is 4.74 Å². The molecular weight excluding hydrogens is 294 g/mol. The van der Waals surface area contributed by atoms with Crippen molar-refractivity contribution < 1.29 is 9.84 Å². The zero-order valence-electron chi connectivity index (χ0n) is 11.5. The average Bonchev–Trinajstić information content (AvgIpc) is 2.32. The number of likely N-dealkylation sites (N-methyl/N-ethyl adjacent to an activating group) is 1. The van der Waals surface area contributed by atoms with Gasteiger partial charge in [-0.1, -0.05) is 6.07 Å². The summed E-state index contributed by atoms with van der Waals surface area (Å²) in [6.07, 6.45) is -0.443. The lowest BCUT2D eigenvalue weighted by atomic mass is 10.1. The van der Waals surface area contributed by atoms with Crippen molar-refractivity contribution in [1.82, 2.24) is 0 Å². The van der Waals surface area contributed by atoms with E-state index in [4.69, 9.17) is 4.74 Å². The Kier molecular flexibility index (Phi) is 6.12. The van der Waals surface area contributed by atoms with Gasteiger partial charge in [-0.3, -0.25) is 0 Å². The van der Waals surface area contributed by atoms with Crippen molar-refractivity contribution in [3.63, 3.8) is 0 Å². The maximum Gasteiger partial charge on any atom is 0.0762 e. The van der Waals surface area contributed by atoms with Crippen LogP contribution < -0.4 is 4.90 Å². The molecule has 1 aromatic rings. The van der Waals surface area contributed by atoms with Gasteiger partial charge in [-0.2, -0.15) is 0 Å². The second-order valence-corrected chi connectivity index (χ2v) is 5.33. The number of hydrogen-bond acceptors (Lipinski definition) is 3. The van der Waals surface area contributed by atoms with Gasteiger partial charge >= 0.3 is 0 Å². The SMILES string of the molecule is CCN(c1ccc(C(C)O)cc1Br)C(C)COC. The minimum atomic E-state index is -0.443. The van der Waals surface area contributed by atoms with Gasteiger partial charge in [0.05, 0.1) is 18.4 Å². The predicted molar refractivity (Wildman–Crippen MR) is 79.1 cm³/mol. The largest absolute Gasteiger partial charge is 0.389 e. The molecule has 18 heavy (non-hydrogen) atoms. The van der Waals surface area contributed by atoms with Gasteiger partial charge in [-0.05, 0) is 54.4 Å². The van der Waals surface area contributed by atoms with E-state index < -0.39 is 6.10 Å². The number of rotatable bonds is 6. The van der Waals surface area contributed by atoms with E-state index >= 15 is 0 Å². The van der Waals surface area contributed by atoms with Gasteiger partial charge in [0.1, 0.15) is 0 Å². The molecule has 1 rings (SSSR count). The third kappa shape index (κ3) is 3.70. The van der Waals surface area contributed by atoms with Gasteiger partial charge in [0.25, 0.3) is 0 Å². The van der Waals surface area contributed by atoms with Crippen LogP contribution in [0.25, 0.3) is 0 Å². The van der Waals surface area contributed by atoms with E-state index in [1.807, 2.05) is 18.2 Å². The highest BCUT2D eigenvalue weighted by atomic mass is 79.9. The Hall–Kier alpha value is -0.580. The second kappa shape index (κ2) is 7.12. The van der Waals surface area contributed by atoms with Crippen LogP contribution in [0, 0.1) is 0 Å². The minimum absolute atomic E-state index is 0.314. The van der Waals surface area contributed by atoms with Crippen LogP contribution in [0.3, 0.4) is 0 Å². The van der Waals surface area contributed by atoms with Crippen molar-refractivity contribution in [2.24, 2.45) is 0 Å². The fourth-order valence-corrected chi connectivity index (χ4v) is 2.69. The standard InChI is InChI=1S/C14H22BrNO2/c1-5-16(10(2)9-18-4)14-7-6-12(11(3)17)8-13(14)15/h6-8,10-11,17H,5,9H2,1-4H3. The van der Waals surface area contributed by atoms with E-state index in [0.717, 1.165) is 22.3 Å². The van der Waals surface area contributed by atoms with E-state index in [1.165, 1.54) is 0 Å². The molecule has 4 heteroatoms. The lowest BCUT2D eigenvalue weighted by Gasteiger charge is -2.31. The zero-order valence-corrected chi connectivity index (χ0v) is 13.1. The molecule has 0 saturated heterocycles. The first-order valence-electron chi connectivity index (χ1n) is 6.24. The first-order valence-corrected chi connectivity index (χ1v) is 7.03. The quantitative estimate of drug-likeness (QED) is 0.873. The Bertz CT molecular complexity index is 382. The normalized spacial score (nSPS) is 14.3. The number of ether oxygens (including phenoxy) is 1. The maximum absolute atomic E-state index is 9.57. The topological polar surface area (TPSA) is 32.7 Å². The van der Waals surface area contributed by atoms with E-state index in [-0.39, 0.29) is 0 Å². The molecule has 0 aromatic heterocycles. The van der Waals surface area contributed by atoms with E-state index in [0.29, 0.717) is 12.6 Å². The second-order valence-electron chi connectivity index (χ2n) is 4.48. The summed E-state index contributed by atoms with van der Waals surface area (Å²) >= 11 is 3.58. The predicted octanol–water partition coefficient (Wildman–Crippen LogP) is 3.36. The monoisotopic (exact) mass is 315 g/mol. The number of aliphatic hydroxyl groups excluding tert-OH is 1. The van der Waals surface area contributed by atoms with Crippen molar-refractivity contribution >= 4 is 21.6 Å². The van der Waals surface area contributed by atoms with E-state index in [2.05, 4.69) is 34.7 Å². The Morgan fingerprint density at radius 3 is 2.50 bits per heavy atom. The Labute approximate surface area is 118 Å². The summed E-state index contributed by atoms with van der Waals surface area (Å²) in [4.78, 5) is 2.28. The lowest BCUT2D eigenvalue weighted by molar-refractivity contribution is 0.182. The van der Waals surface area contributed by atoms with Crippen molar-refractivity contribution in [1.29, 1.82) is 0 Å². The summed E-state index contributed by atoms with van der Waals surface area (Å²) in [6, 6.07) is 6.30. The van der Waals surface area contributed by atoms with Crippen LogP contribution >= 0.6 is 15.9 Å². The summed E-state index contributed by atoms with van der Waals surface area (Å²) in [6.45, 7) is 7.64. The van der Waals surface area contributed by atoms with Gasteiger partial charge in [0, 0.05) is 24.2 Å². The molecule has 1 aromatic carbocycles. The first kappa shape index (κ1) is 15.5. The number of halogens is 1. The van der Waals surface area contributed by atoms with Crippen molar-refractivity contribution in [2.45, 2.75) is 32.9 Å². The van der Waals surface area contributed by atoms with Crippen molar-refractivity contribution in [3.8, 4) is 0 Å². The molecule has 0 amide bonds. The molecule has 0 saturated carbocycles. The van der Waals surface area contributed by atoms with Crippen LogP contribution in [-0.4, -0.2) is 31.4 Å². The molecule has 0 fully saturated rings. The maximum atomic E-state index is 9.57. The minimum Gasteiger partial charge on any atom is -0.389 e. The molecule has 2 atom stereocenters. The number of nitrogens with zero attached hydrogens (tertiary/aromatic N) is 1. The third-order valence-corrected chi connectivity index (χ3v) is 3.68. The molecule has 0 aliphatic rings. The van der Waals surface area contributed by atoms with Crippen LogP contribution in [0.5, 0.6) is 0 Å². The highest BCUT2D eigenvalue weighted by Crippen LogP contribution is 2.30. The molecule has 0 radical (unpaired) electrons. The molecule has 1 N–H and O–H groups in total. The number of methoxy groups -OCH3 is 1. The molecule has 102 valence electrons. The van der Waals surface area contributed by atoms with Crippen molar-refractivity contribution in [2.75, 3.05) is 25.2 Å². The number of benzene rings is 1. The van der Waals surface area contributed by atoms with E-state index in [9.17, 15) is 5.11 Å². The van der Waals surface area contributed by atoms with Gasteiger partial charge in [-0.15, -0.1) is 0 Å². The van der Waals surface area contributed by atoms with Crippen LogP contribution in [0.15, 0.2) is 22.7 Å². The highest BCUT2D eigenvalue weighted by Gasteiger charge is 2.16. The molecule has 0 aliphatic carbocycles. The summed E-state index contributed by atoms with van der Waals surface area (Å²) in [5.74, 6) is 0. The molecule has 3 nitrogen and oxygen atoms in total. The highest BCUT2D eigenvalue weighted by molar-refractivity contribution is 9.10. The zero-order chi connectivity index (χ0) is 13.7. The van der Waals surface area contributed by atoms with Gasteiger partial charge in [0.2, 0.25) is 0 Å². The molecular formula is C14H22BrNO2. The molecule has 0 heterocycles. The number of hydrogen-bond donors (Lipinski definition) is 1.